The van der Waals surface area contributed by atoms with E-state index in [-0.39, 0.29) is 0 Å². The van der Waals surface area contributed by atoms with Crippen LogP contribution in [-0.2, 0) is 0 Å². The van der Waals surface area contributed by atoms with Crippen LogP contribution >= 0.6 is 0 Å². The van der Waals surface area contributed by atoms with Crippen molar-refractivity contribution in [3.63, 3.8) is 0 Å². The molecule has 0 aliphatic carbocycles. The zero-order chi connectivity index (χ0) is 13.1. The second-order valence-electron chi connectivity index (χ2n) is 4.50. The van der Waals surface area contributed by atoms with E-state index in [1.165, 1.54) is 0 Å². The van der Waals surface area contributed by atoms with Crippen LogP contribution < -0.4 is 4.90 Å². The van der Waals surface area contributed by atoms with Gasteiger partial charge in [0.2, 0.25) is 0 Å². The molecule has 0 saturated heterocycles. The molecule has 0 aliphatic rings. The Labute approximate surface area is 107 Å². The number of hydrogen-bond acceptors (Lipinski definition) is 4. The molecule has 0 saturated carbocycles. The van der Waals surface area contributed by atoms with Gasteiger partial charge in [-0.2, -0.15) is 5.10 Å². The summed E-state index contributed by atoms with van der Waals surface area (Å²) in [5, 5.41) is 4.42. The van der Waals surface area contributed by atoms with Crippen LogP contribution in [0.2, 0.25) is 0 Å². The van der Waals surface area contributed by atoms with Crippen molar-refractivity contribution in [2.24, 2.45) is 0 Å². The normalized spacial score (nSPS) is 10.7. The van der Waals surface area contributed by atoms with Crippen molar-refractivity contribution in [3.05, 3.63) is 29.8 Å². The molecule has 0 fully saturated rings. The second-order valence-corrected chi connectivity index (χ2v) is 4.50. The summed E-state index contributed by atoms with van der Waals surface area (Å²) in [6.07, 6.45) is 4.61. The highest BCUT2D eigenvalue weighted by Gasteiger charge is 2.08. The molecular weight excluding hydrogens is 226 g/mol. The molecule has 0 N–H and O–H groups in total. The predicted octanol–water partition coefficient (Wildman–Crippen LogP) is 2.13. The molecule has 0 bridgehead atoms. The van der Waals surface area contributed by atoms with Gasteiger partial charge in [-0.25, -0.2) is 9.67 Å². The van der Waals surface area contributed by atoms with Gasteiger partial charge in [-0.1, -0.05) is 6.92 Å². The van der Waals surface area contributed by atoms with Gasteiger partial charge in [-0.3, -0.25) is 4.98 Å². The van der Waals surface area contributed by atoms with Gasteiger partial charge in [-0.15, -0.1) is 0 Å². The van der Waals surface area contributed by atoms with Crippen molar-refractivity contribution in [2.45, 2.75) is 27.2 Å². The molecule has 5 nitrogen and oxygen atoms in total. The average molecular weight is 245 g/mol. The Balaban J connectivity index is 2.35. The lowest BCUT2D eigenvalue weighted by Crippen LogP contribution is -2.20. The van der Waals surface area contributed by atoms with Crippen molar-refractivity contribution in [1.29, 1.82) is 0 Å². The van der Waals surface area contributed by atoms with Crippen LogP contribution in [-0.4, -0.2) is 33.3 Å². The fraction of sp³-hybridized carbons (Fsp3) is 0.462. The smallest absolute Gasteiger partial charge is 0.174 e. The SMILES string of the molecule is CCCN(C)c1cncc(-n2nc(C)cc2C)n1. The molecule has 5 heteroatoms. The zero-order valence-corrected chi connectivity index (χ0v) is 11.4. The summed E-state index contributed by atoms with van der Waals surface area (Å²) in [4.78, 5) is 10.9. The Morgan fingerprint density at radius 2 is 2.06 bits per heavy atom. The average Bonchev–Trinajstić information content (AvgIpc) is 2.69. The molecule has 2 heterocycles. The number of rotatable bonds is 4. The van der Waals surface area contributed by atoms with Gasteiger partial charge in [0.1, 0.15) is 5.82 Å². The van der Waals surface area contributed by atoms with Gasteiger partial charge >= 0.3 is 0 Å². The Hall–Kier alpha value is -1.91. The molecule has 96 valence electrons. The number of nitrogens with zero attached hydrogens (tertiary/aromatic N) is 5. The van der Waals surface area contributed by atoms with Crippen molar-refractivity contribution in [2.75, 3.05) is 18.5 Å². The van der Waals surface area contributed by atoms with Gasteiger partial charge in [0.05, 0.1) is 18.1 Å². The van der Waals surface area contributed by atoms with Gasteiger partial charge in [0.25, 0.3) is 0 Å². The van der Waals surface area contributed by atoms with E-state index in [1.807, 2.05) is 31.6 Å². The van der Waals surface area contributed by atoms with Gasteiger partial charge in [0.15, 0.2) is 5.82 Å². The van der Waals surface area contributed by atoms with Crippen molar-refractivity contribution in [3.8, 4) is 5.82 Å². The number of hydrogen-bond donors (Lipinski definition) is 0. The van der Waals surface area contributed by atoms with Crippen molar-refractivity contribution >= 4 is 5.82 Å². The Morgan fingerprint density at radius 1 is 1.28 bits per heavy atom. The van der Waals surface area contributed by atoms with Crippen LogP contribution in [0.4, 0.5) is 5.82 Å². The molecule has 2 aromatic heterocycles. The lowest BCUT2D eigenvalue weighted by molar-refractivity contribution is 0.781. The molecule has 0 atom stereocenters. The predicted molar refractivity (Wildman–Crippen MR) is 72.2 cm³/mol. The van der Waals surface area contributed by atoms with Crippen molar-refractivity contribution in [1.82, 2.24) is 19.7 Å². The Morgan fingerprint density at radius 3 is 2.67 bits per heavy atom. The minimum absolute atomic E-state index is 0.765. The van der Waals surface area contributed by atoms with E-state index in [0.717, 1.165) is 36.0 Å². The first kappa shape index (κ1) is 12.5. The minimum atomic E-state index is 0.765. The lowest BCUT2D eigenvalue weighted by atomic mass is 10.4. The maximum atomic E-state index is 4.60. The van der Waals surface area contributed by atoms with Gasteiger partial charge in [-0.05, 0) is 26.3 Å². The standard InChI is InChI=1S/C13H19N5/c1-5-6-17(4)12-8-14-9-13(15-12)18-11(3)7-10(2)16-18/h7-9H,5-6H2,1-4H3. The second kappa shape index (κ2) is 5.16. The van der Waals surface area contributed by atoms with E-state index in [2.05, 4.69) is 26.9 Å². The number of aromatic nitrogens is 4. The molecule has 0 amide bonds. The summed E-state index contributed by atoms with van der Waals surface area (Å²) in [6, 6.07) is 2.03. The number of anilines is 1. The minimum Gasteiger partial charge on any atom is -0.358 e. The highest BCUT2D eigenvalue weighted by molar-refractivity contribution is 5.38. The maximum Gasteiger partial charge on any atom is 0.174 e. The third-order valence-electron chi connectivity index (χ3n) is 2.79. The van der Waals surface area contributed by atoms with Crippen LogP contribution in [0.5, 0.6) is 0 Å². The summed E-state index contributed by atoms with van der Waals surface area (Å²) in [5.41, 5.74) is 2.05. The zero-order valence-electron chi connectivity index (χ0n) is 11.4. The number of aryl methyl sites for hydroxylation is 2. The third kappa shape index (κ3) is 2.50. The van der Waals surface area contributed by atoms with Crippen LogP contribution in [0.1, 0.15) is 24.7 Å². The summed E-state index contributed by atoms with van der Waals surface area (Å²) in [6.45, 7) is 7.11. The fourth-order valence-electron chi connectivity index (χ4n) is 1.94. The summed E-state index contributed by atoms with van der Waals surface area (Å²) < 4.78 is 1.83. The summed E-state index contributed by atoms with van der Waals surface area (Å²) in [7, 11) is 2.03. The van der Waals surface area contributed by atoms with Gasteiger partial charge < -0.3 is 4.90 Å². The highest BCUT2D eigenvalue weighted by atomic mass is 15.3. The summed E-state index contributed by atoms with van der Waals surface area (Å²) in [5.74, 6) is 1.64. The molecule has 0 unspecified atom stereocenters. The van der Waals surface area contributed by atoms with E-state index in [9.17, 15) is 0 Å². The molecule has 0 radical (unpaired) electrons. The van der Waals surface area contributed by atoms with Crippen molar-refractivity contribution < 1.29 is 0 Å². The largest absolute Gasteiger partial charge is 0.358 e. The van der Waals surface area contributed by atoms with E-state index < -0.39 is 0 Å². The maximum absolute atomic E-state index is 4.60. The molecule has 2 aromatic rings. The lowest BCUT2D eigenvalue weighted by Gasteiger charge is -2.17. The fourth-order valence-corrected chi connectivity index (χ4v) is 1.94. The monoisotopic (exact) mass is 245 g/mol. The third-order valence-corrected chi connectivity index (χ3v) is 2.79. The highest BCUT2D eigenvalue weighted by Crippen LogP contribution is 2.13. The quantitative estimate of drug-likeness (QED) is 0.828. The molecular formula is C13H19N5. The summed E-state index contributed by atoms with van der Waals surface area (Å²) >= 11 is 0. The molecule has 0 aromatic carbocycles. The van der Waals surface area contributed by atoms with Crippen LogP contribution in [0.15, 0.2) is 18.5 Å². The first-order chi connectivity index (χ1) is 8.61. The van der Waals surface area contributed by atoms with E-state index in [4.69, 9.17) is 0 Å². The topological polar surface area (TPSA) is 46.8 Å². The van der Waals surface area contributed by atoms with E-state index in [0.29, 0.717) is 0 Å². The van der Waals surface area contributed by atoms with E-state index in [1.54, 1.807) is 12.4 Å². The molecule has 2 rings (SSSR count). The van der Waals surface area contributed by atoms with Crippen LogP contribution in [0, 0.1) is 13.8 Å². The van der Waals surface area contributed by atoms with Gasteiger partial charge in [0, 0.05) is 19.3 Å². The van der Waals surface area contributed by atoms with E-state index >= 15 is 0 Å². The first-order valence-electron chi connectivity index (χ1n) is 6.18. The Kier molecular flexibility index (Phi) is 3.60. The molecule has 18 heavy (non-hydrogen) atoms. The Bertz CT molecular complexity index is 532. The molecule has 0 spiro atoms. The molecule has 0 aliphatic heterocycles. The van der Waals surface area contributed by atoms with Crippen LogP contribution in [0.3, 0.4) is 0 Å². The van der Waals surface area contributed by atoms with Crippen LogP contribution in [0.25, 0.3) is 5.82 Å². The first-order valence-corrected chi connectivity index (χ1v) is 6.18.